The van der Waals surface area contributed by atoms with E-state index in [1.807, 2.05) is 6.07 Å². The van der Waals surface area contributed by atoms with Crippen LogP contribution >= 0.6 is 0 Å². The second kappa shape index (κ2) is 7.55. The third-order valence-electron chi connectivity index (χ3n) is 2.31. The molecule has 0 atom stereocenters. The van der Waals surface area contributed by atoms with Crippen molar-refractivity contribution in [2.24, 2.45) is 5.90 Å². The highest BCUT2D eigenvalue weighted by molar-refractivity contribution is 5.93. The molecule has 0 aliphatic carbocycles. The van der Waals surface area contributed by atoms with Gasteiger partial charge in [-0.2, -0.15) is 5.90 Å². The summed E-state index contributed by atoms with van der Waals surface area (Å²) in [4.78, 5) is 25.0. The van der Waals surface area contributed by atoms with Crippen molar-refractivity contribution in [1.82, 2.24) is 0 Å². The summed E-state index contributed by atoms with van der Waals surface area (Å²) in [7, 11) is 0. The van der Waals surface area contributed by atoms with E-state index in [1.165, 1.54) is 6.07 Å². The fourth-order valence-electron chi connectivity index (χ4n) is 1.33. The number of para-hydroxylation sites is 1. The monoisotopic (exact) mass is 274 g/mol. The van der Waals surface area contributed by atoms with Crippen molar-refractivity contribution in [3.8, 4) is 0 Å². The number of carbonyl (C=O) groups is 2. The molecule has 0 saturated heterocycles. The summed E-state index contributed by atoms with van der Waals surface area (Å²) >= 11 is 0. The van der Waals surface area contributed by atoms with Gasteiger partial charge in [0.2, 0.25) is 0 Å². The number of nitrogen functional groups attached to an aromatic ring is 1. The second-order valence-electron chi connectivity index (χ2n) is 3.66. The lowest BCUT2D eigenvalue weighted by Crippen LogP contribution is -2.09. The van der Waals surface area contributed by atoms with Crippen LogP contribution in [0.15, 0.2) is 54.6 Å². The zero-order chi connectivity index (χ0) is 15.0. The average molecular weight is 274 g/mol. The molecule has 0 unspecified atom stereocenters. The summed E-state index contributed by atoms with van der Waals surface area (Å²) in [5.41, 5.74) is 6.26. The summed E-state index contributed by atoms with van der Waals surface area (Å²) in [6.45, 7) is 0. The van der Waals surface area contributed by atoms with Crippen molar-refractivity contribution in [2.45, 2.75) is 0 Å². The van der Waals surface area contributed by atoms with Crippen LogP contribution in [-0.4, -0.2) is 17.0 Å². The van der Waals surface area contributed by atoms with Gasteiger partial charge in [-0.3, -0.25) is 0 Å². The maximum atomic E-state index is 10.7. The van der Waals surface area contributed by atoms with Gasteiger partial charge in [0.1, 0.15) is 0 Å². The zero-order valence-electron chi connectivity index (χ0n) is 10.5. The van der Waals surface area contributed by atoms with Crippen molar-refractivity contribution in [2.75, 3.05) is 5.73 Å². The van der Waals surface area contributed by atoms with E-state index >= 15 is 0 Å². The lowest BCUT2D eigenvalue weighted by Gasteiger charge is -1.96. The molecule has 0 bridgehead atoms. The summed E-state index contributed by atoms with van der Waals surface area (Å²) in [6.07, 6.45) is 0. The zero-order valence-corrected chi connectivity index (χ0v) is 10.5. The molecule has 0 spiro atoms. The number of anilines is 1. The van der Waals surface area contributed by atoms with Gasteiger partial charge < -0.3 is 15.7 Å². The molecular formula is C14H14N2O4. The van der Waals surface area contributed by atoms with Gasteiger partial charge in [-0.15, -0.1) is 0 Å². The van der Waals surface area contributed by atoms with Crippen LogP contribution < -0.4 is 11.6 Å². The van der Waals surface area contributed by atoms with Crippen molar-refractivity contribution >= 4 is 17.6 Å². The average Bonchev–Trinajstić information content (AvgIpc) is 2.48. The molecule has 0 saturated carbocycles. The fraction of sp³-hybridized carbons (Fsp3) is 0. The van der Waals surface area contributed by atoms with Crippen molar-refractivity contribution < 1.29 is 19.5 Å². The number of benzene rings is 2. The fourth-order valence-corrected chi connectivity index (χ4v) is 1.33. The lowest BCUT2D eigenvalue weighted by molar-refractivity contribution is 0.0503. The van der Waals surface area contributed by atoms with E-state index in [4.69, 9.17) is 10.8 Å². The third kappa shape index (κ3) is 4.43. The Morgan fingerprint density at radius 1 is 0.950 bits per heavy atom. The third-order valence-corrected chi connectivity index (χ3v) is 2.31. The van der Waals surface area contributed by atoms with Crippen LogP contribution in [0.2, 0.25) is 0 Å². The van der Waals surface area contributed by atoms with Crippen LogP contribution in [0.3, 0.4) is 0 Å². The molecule has 0 aliphatic rings. The standard InChI is InChI=1S/2C7H7NO2/c8-10-7(9)6-4-2-1-3-5-6;8-6-4-2-1-3-5(6)7(9)10/h1-5H,8H2;1-4H,8H2,(H,9,10). The van der Waals surface area contributed by atoms with Crippen LogP contribution in [-0.2, 0) is 4.84 Å². The maximum Gasteiger partial charge on any atom is 0.356 e. The Hall–Kier alpha value is -2.86. The molecule has 0 aliphatic heterocycles. The molecule has 2 aromatic carbocycles. The first kappa shape index (κ1) is 15.2. The Morgan fingerprint density at radius 2 is 1.50 bits per heavy atom. The van der Waals surface area contributed by atoms with Crippen molar-refractivity contribution in [3.05, 3.63) is 65.7 Å². The molecular weight excluding hydrogens is 260 g/mol. The summed E-state index contributed by atoms with van der Waals surface area (Å²) < 4.78 is 0. The quantitative estimate of drug-likeness (QED) is 0.567. The van der Waals surface area contributed by atoms with Gasteiger partial charge in [0.05, 0.1) is 11.1 Å². The highest BCUT2D eigenvalue weighted by Gasteiger charge is 2.04. The van der Waals surface area contributed by atoms with Crippen LogP contribution in [0.25, 0.3) is 0 Å². The van der Waals surface area contributed by atoms with Gasteiger partial charge in [0, 0.05) is 5.69 Å². The van der Waals surface area contributed by atoms with Crippen LogP contribution in [0, 0.1) is 0 Å². The number of aromatic carboxylic acids is 1. The Bertz CT molecular complexity index is 585. The summed E-state index contributed by atoms with van der Waals surface area (Å²) in [5.74, 6) is 3.15. The first-order valence-corrected chi connectivity index (χ1v) is 5.60. The van der Waals surface area contributed by atoms with Gasteiger partial charge >= 0.3 is 11.9 Å². The summed E-state index contributed by atoms with van der Waals surface area (Å²) in [6, 6.07) is 14.9. The number of rotatable bonds is 2. The van der Waals surface area contributed by atoms with Gasteiger partial charge in [0.15, 0.2) is 0 Å². The van der Waals surface area contributed by atoms with Gasteiger partial charge in [-0.1, -0.05) is 30.3 Å². The maximum absolute atomic E-state index is 10.7. The molecule has 0 heterocycles. The van der Waals surface area contributed by atoms with Crippen molar-refractivity contribution in [3.63, 3.8) is 0 Å². The minimum Gasteiger partial charge on any atom is -0.478 e. The molecule has 2 aromatic rings. The van der Waals surface area contributed by atoms with E-state index in [0.717, 1.165) is 0 Å². The van der Waals surface area contributed by atoms with Crippen LogP contribution in [0.5, 0.6) is 0 Å². The predicted molar refractivity (Wildman–Crippen MR) is 73.9 cm³/mol. The Morgan fingerprint density at radius 3 is 1.95 bits per heavy atom. The number of nitrogens with two attached hydrogens (primary N) is 2. The molecule has 104 valence electrons. The molecule has 2 rings (SSSR count). The number of carboxylic acids is 1. The van der Waals surface area contributed by atoms with Gasteiger partial charge in [-0.05, 0) is 24.3 Å². The Kier molecular flexibility index (Phi) is 5.74. The molecule has 0 aromatic heterocycles. The smallest absolute Gasteiger partial charge is 0.356 e. The van der Waals surface area contributed by atoms with Crippen molar-refractivity contribution in [1.29, 1.82) is 0 Å². The molecule has 20 heavy (non-hydrogen) atoms. The van der Waals surface area contributed by atoms with E-state index in [-0.39, 0.29) is 5.56 Å². The normalized spacial score (nSPS) is 9.05. The second-order valence-corrected chi connectivity index (χ2v) is 3.66. The Balaban J connectivity index is 0.000000200. The van der Waals surface area contributed by atoms with Crippen LogP contribution in [0.4, 0.5) is 5.69 Å². The van der Waals surface area contributed by atoms with E-state index in [0.29, 0.717) is 11.3 Å². The number of hydrogen-bond acceptors (Lipinski definition) is 5. The molecule has 0 amide bonds. The minimum absolute atomic E-state index is 0.155. The van der Waals surface area contributed by atoms with Crippen LogP contribution in [0.1, 0.15) is 20.7 Å². The highest BCUT2D eigenvalue weighted by Crippen LogP contribution is 2.09. The van der Waals surface area contributed by atoms with E-state index in [2.05, 4.69) is 10.7 Å². The number of carbonyl (C=O) groups excluding carboxylic acids is 1. The topological polar surface area (TPSA) is 116 Å². The Labute approximate surface area is 115 Å². The van der Waals surface area contributed by atoms with Gasteiger partial charge in [-0.25, -0.2) is 9.59 Å². The highest BCUT2D eigenvalue weighted by atomic mass is 16.7. The number of carboxylic acid groups (broad SMARTS) is 1. The largest absolute Gasteiger partial charge is 0.478 e. The van der Waals surface area contributed by atoms with E-state index < -0.39 is 11.9 Å². The molecule has 5 N–H and O–H groups in total. The first-order chi connectivity index (χ1) is 9.56. The summed E-state index contributed by atoms with van der Waals surface area (Å²) in [5, 5.41) is 8.49. The first-order valence-electron chi connectivity index (χ1n) is 5.60. The molecule has 0 radical (unpaired) electrons. The minimum atomic E-state index is -0.988. The van der Waals surface area contributed by atoms with E-state index in [1.54, 1.807) is 42.5 Å². The SMILES string of the molecule is NOC(=O)c1ccccc1.Nc1ccccc1C(=O)O. The van der Waals surface area contributed by atoms with Gasteiger partial charge in [0.25, 0.3) is 0 Å². The van der Waals surface area contributed by atoms with E-state index in [9.17, 15) is 9.59 Å². The predicted octanol–water partition coefficient (Wildman–Crippen LogP) is 1.68. The number of hydrogen-bond donors (Lipinski definition) is 3. The molecule has 0 fully saturated rings. The lowest BCUT2D eigenvalue weighted by atomic mass is 10.2. The molecule has 6 heteroatoms. The molecule has 6 nitrogen and oxygen atoms in total.